The number of rotatable bonds is 5. The predicted molar refractivity (Wildman–Crippen MR) is 66.1 cm³/mol. The molecule has 2 N–H and O–H groups in total. The quantitative estimate of drug-likeness (QED) is 0.654. The number of piperazine rings is 1. The van der Waals surface area contributed by atoms with Gasteiger partial charge in [0.15, 0.2) is 0 Å². The van der Waals surface area contributed by atoms with Crippen molar-refractivity contribution in [3.05, 3.63) is 12.2 Å². The first-order chi connectivity index (χ1) is 8.59. The standard InChI is InChI=1S/C9H18N6O2S/c1-14-8-11-13-9(14)2-3-12-18(16,17)15-6-4-10-5-7-15/h8,10,12H,2-7H2,1H3. The number of nitrogens with zero attached hydrogens (tertiary/aromatic N) is 4. The number of hydrogen-bond acceptors (Lipinski definition) is 5. The first-order valence-corrected chi connectivity index (χ1v) is 7.32. The number of aromatic nitrogens is 3. The van der Waals surface area contributed by atoms with Gasteiger partial charge in [-0.05, 0) is 0 Å². The van der Waals surface area contributed by atoms with Crippen molar-refractivity contribution in [2.24, 2.45) is 7.05 Å². The fourth-order valence-electron chi connectivity index (χ4n) is 1.80. The van der Waals surface area contributed by atoms with Crippen molar-refractivity contribution in [1.29, 1.82) is 0 Å². The first-order valence-electron chi connectivity index (χ1n) is 5.88. The Kier molecular flexibility index (Phi) is 4.27. The average molecular weight is 274 g/mol. The Hall–Kier alpha value is -1.03. The Balaban J connectivity index is 1.83. The fraction of sp³-hybridized carbons (Fsp3) is 0.778. The summed E-state index contributed by atoms with van der Waals surface area (Å²) in [7, 11) is -1.53. The average Bonchev–Trinajstić information content (AvgIpc) is 2.76. The van der Waals surface area contributed by atoms with E-state index < -0.39 is 10.2 Å². The van der Waals surface area contributed by atoms with Gasteiger partial charge in [-0.25, -0.2) is 4.72 Å². The molecule has 2 heterocycles. The van der Waals surface area contributed by atoms with Crippen molar-refractivity contribution in [3.63, 3.8) is 0 Å². The van der Waals surface area contributed by atoms with E-state index in [1.165, 1.54) is 4.31 Å². The third-order valence-corrected chi connectivity index (χ3v) is 4.47. The molecular weight excluding hydrogens is 256 g/mol. The van der Waals surface area contributed by atoms with Crippen LogP contribution in [0.2, 0.25) is 0 Å². The molecule has 8 nitrogen and oxygen atoms in total. The van der Waals surface area contributed by atoms with Gasteiger partial charge in [-0.3, -0.25) is 0 Å². The van der Waals surface area contributed by atoms with Crippen molar-refractivity contribution in [1.82, 2.24) is 29.1 Å². The minimum Gasteiger partial charge on any atom is -0.321 e. The summed E-state index contributed by atoms with van der Waals surface area (Å²) >= 11 is 0. The number of aryl methyl sites for hydroxylation is 1. The second kappa shape index (κ2) is 5.74. The highest BCUT2D eigenvalue weighted by Crippen LogP contribution is 2.00. The Bertz CT molecular complexity index is 479. The van der Waals surface area contributed by atoms with Crippen molar-refractivity contribution in [2.75, 3.05) is 32.7 Å². The predicted octanol–water partition coefficient (Wildman–Crippen LogP) is -1.90. The Morgan fingerprint density at radius 3 is 2.78 bits per heavy atom. The van der Waals surface area contributed by atoms with Crippen molar-refractivity contribution in [2.45, 2.75) is 6.42 Å². The second-order valence-corrected chi connectivity index (χ2v) is 5.91. The van der Waals surface area contributed by atoms with Crippen LogP contribution in [0.25, 0.3) is 0 Å². The summed E-state index contributed by atoms with van der Waals surface area (Å²) in [4.78, 5) is 0. The molecule has 0 amide bonds. The summed E-state index contributed by atoms with van der Waals surface area (Å²) in [5.74, 6) is 0.762. The lowest BCUT2D eigenvalue weighted by Gasteiger charge is -2.26. The van der Waals surface area contributed by atoms with Crippen LogP contribution < -0.4 is 10.0 Å². The Morgan fingerprint density at radius 2 is 2.17 bits per heavy atom. The highest BCUT2D eigenvalue weighted by Gasteiger charge is 2.22. The van der Waals surface area contributed by atoms with Gasteiger partial charge in [-0.1, -0.05) is 0 Å². The number of hydrogen-bond donors (Lipinski definition) is 2. The molecule has 0 aromatic carbocycles. The fourth-order valence-corrected chi connectivity index (χ4v) is 3.01. The van der Waals surface area contributed by atoms with Crippen LogP contribution in [0.15, 0.2) is 6.33 Å². The summed E-state index contributed by atoms with van der Waals surface area (Å²) in [6, 6.07) is 0. The number of nitrogens with one attached hydrogen (secondary N) is 2. The zero-order valence-corrected chi connectivity index (χ0v) is 11.2. The van der Waals surface area contributed by atoms with Gasteiger partial charge < -0.3 is 9.88 Å². The third kappa shape index (κ3) is 3.25. The molecule has 1 aliphatic heterocycles. The van der Waals surface area contributed by atoms with Crippen LogP contribution in [0.4, 0.5) is 0 Å². The Labute approximate surface area is 107 Å². The van der Waals surface area contributed by atoms with Crippen LogP contribution in [0.3, 0.4) is 0 Å². The molecule has 0 atom stereocenters. The zero-order valence-electron chi connectivity index (χ0n) is 10.3. The molecule has 1 aromatic rings. The molecule has 9 heteroatoms. The smallest absolute Gasteiger partial charge is 0.279 e. The minimum absolute atomic E-state index is 0.332. The highest BCUT2D eigenvalue weighted by atomic mass is 32.2. The molecule has 2 rings (SSSR count). The molecule has 0 radical (unpaired) electrons. The van der Waals surface area contributed by atoms with E-state index in [-0.39, 0.29) is 0 Å². The van der Waals surface area contributed by atoms with Gasteiger partial charge in [-0.2, -0.15) is 12.7 Å². The van der Waals surface area contributed by atoms with E-state index in [1.807, 2.05) is 7.05 Å². The molecule has 18 heavy (non-hydrogen) atoms. The lowest BCUT2D eigenvalue weighted by Crippen LogP contribution is -2.50. The molecular formula is C9H18N6O2S. The van der Waals surface area contributed by atoms with Gasteiger partial charge in [0.2, 0.25) is 0 Å². The largest absolute Gasteiger partial charge is 0.321 e. The lowest BCUT2D eigenvalue weighted by atomic mass is 10.4. The van der Waals surface area contributed by atoms with Crippen molar-refractivity contribution in [3.8, 4) is 0 Å². The topological polar surface area (TPSA) is 92.1 Å². The molecule has 102 valence electrons. The van der Waals surface area contributed by atoms with Crippen molar-refractivity contribution < 1.29 is 8.42 Å². The molecule has 1 saturated heterocycles. The lowest BCUT2D eigenvalue weighted by molar-refractivity contribution is 0.355. The molecule has 0 saturated carbocycles. The van der Waals surface area contributed by atoms with Crippen LogP contribution >= 0.6 is 0 Å². The molecule has 1 aromatic heterocycles. The Morgan fingerprint density at radius 1 is 1.44 bits per heavy atom. The SMILES string of the molecule is Cn1cnnc1CCNS(=O)(=O)N1CCNCC1. The maximum absolute atomic E-state index is 11.9. The maximum Gasteiger partial charge on any atom is 0.279 e. The summed E-state index contributed by atoms with van der Waals surface area (Å²) in [5.41, 5.74) is 0. The maximum atomic E-state index is 11.9. The van der Waals surface area contributed by atoms with E-state index in [0.29, 0.717) is 39.1 Å². The third-order valence-electron chi connectivity index (χ3n) is 2.85. The van der Waals surface area contributed by atoms with Gasteiger partial charge in [0.25, 0.3) is 10.2 Å². The van der Waals surface area contributed by atoms with Crippen molar-refractivity contribution >= 4 is 10.2 Å². The monoisotopic (exact) mass is 274 g/mol. The summed E-state index contributed by atoms with van der Waals surface area (Å²) in [6.07, 6.45) is 2.13. The van der Waals surface area contributed by atoms with Gasteiger partial charge in [0.1, 0.15) is 12.2 Å². The van der Waals surface area contributed by atoms with E-state index in [2.05, 4.69) is 20.2 Å². The van der Waals surface area contributed by atoms with E-state index in [9.17, 15) is 8.42 Å². The molecule has 1 fully saturated rings. The van der Waals surface area contributed by atoms with E-state index >= 15 is 0 Å². The van der Waals surface area contributed by atoms with E-state index in [0.717, 1.165) is 5.82 Å². The second-order valence-electron chi connectivity index (χ2n) is 4.16. The zero-order chi connectivity index (χ0) is 13.0. The molecule has 0 spiro atoms. The summed E-state index contributed by atoms with van der Waals surface area (Å²) < 4.78 is 29.7. The molecule has 0 bridgehead atoms. The molecule has 0 aliphatic carbocycles. The van der Waals surface area contributed by atoms with Gasteiger partial charge >= 0.3 is 0 Å². The van der Waals surface area contributed by atoms with E-state index in [4.69, 9.17) is 0 Å². The minimum atomic E-state index is -3.36. The summed E-state index contributed by atoms with van der Waals surface area (Å²) in [5, 5.41) is 10.8. The van der Waals surface area contributed by atoms with E-state index in [1.54, 1.807) is 10.9 Å². The van der Waals surface area contributed by atoms with Crippen LogP contribution in [-0.4, -0.2) is 60.2 Å². The summed E-state index contributed by atoms with van der Waals surface area (Å²) in [6.45, 7) is 2.76. The molecule has 0 unspecified atom stereocenters. The van der Waals surface area contributed by atoms with Gasteiger partial charge in [0, 0.05) is 46.2 Å². The normalized spacial score (nSPS) is 18.1. The van der Waals surface area contributed by atoms with Gasteiger partial charge in [-0.15, -0.1) is 10.2 Å². The first kappa shape index (κ1) is 13.4. The van der Waals surface area contributed by atoms with Crippen LogP contribution in [0, 0.1) is 0 Å². The highest BCUT2D eigenvalue weighted by molar-refractivity contribution is 7.87. The van der Waals surface area contributed by atoms with Gasteiger partial charge in [0.05, 0.1) is 0 Å². The van der Waals surface area contributed by atoms with Crippen LogP contribution in [-0.2, 0) is 23.7 Å². The van der Waals surface area contributed by atoms with Crippen LogP contribution in [0.5, 0.6) is 0 Å². The molecule has 1 aliphatic rings. The van der Waals surface area contributed by atoms with Crippen LogP contribution in [0.1, 0.15) is 5.82 Å².